The van der Waals surface area contributed by atoms with Crippen LogP contribution in [0.4, 0.5) is 21.0 Å². The van der Waals surface area contributed by atoms with Crippen molar-refractivity contribution in [1.82, 2.24) is 19.7 Å². The number of thiazole rings is 1. The number of para-hydroxylation sites is 2. The van der Waals surface area contributed by atoms with Crippen LogP contribution in [0.15, 0.2) is 71.6 Å². The molecule has 1 unspecified atom stereocenters. The minimum absolute atomic E-state index is 0.155. The molecule has 2 aliphatic heterocycles. The van der Waals surface area contributed by atoms with E-state index in [1.54, 1.807) is 20.2 Å². The van der Waals surface area contributed by atoms with Crippen molar-refractivity contribution in [2.75, 3.05) is 18.0 Å². The van der Waals surface area contributed by atoms with Crippen LogP contribution in [-0.4, -0.2) is 74.0 Å². The number of hydrogen-bond acceptors (Lipinski definition) is 5. The number of carbonyl (C=O) groups is 3. The van der Waals surface area contributed by atoms with Gasteiger partial charge in [-0.15, -0.1) is 11.3 Å². The lowest BCUT2D eigenvalue weighted by Crippen LogP contribution is -2.67. The molecule has 0 aliphatic carbocycles. The maximum Gasteiger partial charge on any atom is 0.329 e. The number of nitrogens with zero attached hydrogens (tertiary/aromatic N) is 5. The zero-order chi connectivity index (χ0) is 25.9. The fourth-order valence-electron chi connectivity index (χ4n) is 5.38. The molecule has 0 radical (unpaired) electrons. The Morgan fingerprint density at radius 2 is 1.65 bits per heavy atom. The van der Waals surface area contributed by atoms with Crippen LogP contribution < -0.4 is 4.90 Å². The maximum atomic E-state index is 14.1. The second kappa shape index (κ2) is 10.6. The van der Waals surface area contributed by atoms with Crippen LogP contribution in [0.2, 0.25) is 0 Å². The highest BCUT2D eigenvalue weighted by molar-refractivity contribution is 7.07. The molecule has 3 heterocycles. The predicted molar refractivity (Wildman–Crippen MR) is 141 cm³/mol. The summed E-state index contributed by atoms with van der Waals surface area (Å²) in [5.74, 6) is -1.11. The summed E-state index contributed by atoms with van der Waals surface area (Å²) in [6.07, 6.45) is 1.18. The normalized spacial score (nSPS) is 20.5. The summed E-state index contributed by atoms with van der Waals surface area (Å²) in [5.41, 5.74) is 3.83. The molecule has 1 N–H and O–H groups in total. The number of benzene rings is 2. The zero-order valence-corrected chi connectivity index (χ0v) is 21.3. The van der Waals surface area contributed by atoms with E-state index in [4.69, 9.17) is 0 Å². The summed E-state index contributed by atoms with van der Waals surface area (Å²) < 4.78 is 0. The molecular weight excluding hydrogens is 490 g/mol. The van der Waals surface area contributed by atoms with E-state index in [0.717, 1.165) is 5.69 Å². The molecule has 9 nitrogen and oxygen atoms in total. The number of anilines is 2. The van der Waals surface area contributed by atoms with Crippen molar-refractivity contribution >= 4 is 40.7 Å². The molecule has 2 saturated heterocycles. The third-order valence-electron chi connectivity index (χ3n) is 7.08. The molecule has 2 aliphatic rings. The highest BCUT2D eigenvalue weighted by atomic mass is 32.1. The summed E-state index contributed by atoms with van der Waals surface area (Å²) in [5, 5.41) is 12.2. The number of rotatable bonds is 6. The van der Waals surface area contributed by atoms with Gasteiger partial charge in [-0.3, -0.25) is 4.90 Å². The number of carbonyl (C=O) groups excluding carboxylic acids is 2. The van der Waals surface area contributed by atoms with Gasteiger partial charge in [-0.05, 0) is 44.0 Å². The maximum absolute atomic E-state index is 14.1. The van der Waals surface area contributed by atoms with E-state index in [0.29, 0.717) is 37.3 Å². The average molecular weight is 520 g/mol. The Bertz CT molecular complexity index is 1200. The number of likely N-dealkylation sites (tertiary alicyclic amines) is 1. The van der Waals surface area contributed by atoms with Crippen LogP contribution in [-0.2, 0) is 11.3 Å². The number of carboxylic acids is 1. The van der Waals surface area contributed by atoms with Crippen LogP contribution in [0.3, 0.4) is 0 Å². The second-order valence-electron chi connectivity index (χ2n) is 9.21. The number of fused-ring (bicyclic) bond motifs is 2. The van der Waals surface area contributed by atoms with E-state index >= 15 is 0 Å². The standard InChI is InChI=1S/C27H29N5O4S/c1-2-29(15-19-17-37-18-28-19)26(35)32-22-13-14-23(32)24(25(33)34)30(16-22)27(36)31(20-9-5-3-6-10-20)21-11-7-4-8-12-21/h3-12,17-18,22-24H,2,13-16H2,1H3,(H,33,34)/t22?,23-,24+/m1/s1. The van der Waals surface area contributed by atoms with Crippen LogP contribution in [0.1, 0.15) is 25.5 Å². The van der Waals surface area contributed by atoms with Crippen molar-refractivity contribution in [3.8, 4) is 0 Å². The largest absolute Gasteiger partial charge is 0.480 e. The van der Waals surface area contributed by atoms with Gasteiger partial charge in [0.1, 0.15) is 0 Å². The van der Waals surface area contributed by atoms with E-state index < -0.39 is 24.1 Å². The summed E-state index contributed by atoms with van der Waals surface area (Å²) in [6, 6.07) is 15.8. The number of aliphatic carboxylic acids is 1. The van der Waals surface area contributed by atoms with E-state index in [2.05, 4.69) is 4.98 Å². The average Bonchev–Trinajstić information content (AvgIpc) is 3.54. The molecule has 2 bridgehead atoms. The highest BCUT2D eigenvalue weighted by Gasteiger charge is 2.54. The number of urea groups is 2. The molecule has 192 valence electrons. The lowest BCUT2D eigenvalue weighted by molar-refractivity contribution is -0.145. The molecule has 2 fully saturated rings. The van der Waals surface area contributed by atoms with Crippen molar-refractivity contribution < 1.29 is 19.5 Å². The molecule has 4 amide bonds. The number of carboxylic acid groups (broad SMARTS) is 1. The first-order valence-corrected chi connectivity index (χ1v) is 13.3. The lowest BCUT2D eigenvalue weighted by atomic mass is 10.0. The number of amides is 4. The van der Waals surface area contributed by atoms with E-state index in [1.165, 1.54) is 16.2 Å². The van der Waals surface area contributed by atoms with E-state index in [-0.39, 0.29) is 18.6 Å². The van der Waals surface area contributed by atoms with Gasteiger partial charge in [-0.1, -0.05) is 36.4 Å². The van der Waals surface area contributed by atoms with Gasteiger partial charge >= 0.3 is 18.0 Å². The SMILES string of the molecule is CCN(Cc1cscn1)C(=O)N1C2CC[C@@H]1[C@@H](C(=O)O)N(C(=O)N(c1ccccc1)c1ccccc1)C2. The Hall–Kier alpha value is -3.92. The van der Waals surface area contributed by atoms with Gasteiger partial charge in [-0.2, -0.15) is 0 Å². The van der Waals surface area contributed by atoms with Crippen LogP contribution in [0, 0.1) is 0 Å². The van der Waals surface area contributed by atoms with Crippen LogP contribution >= 0.6 is 11.3 Å². The number of piperazine rings is 1. The van der Waals surface area contributed by atoms with Gasteiger partial charge in [0.25, 0.3) is 0 Å². The van der Waals surface area contributed by atoms with Crippen molar-refractivity contribution in [2.45, 2.75) is 44.4 Å². The van der Waals surface area contributed by atoms with Gasteiger partial charge in [0.15, 0.2) is 6.04 Å². The molecule has 3 atom stereocenters. The Balaban J connectivity index is 1.45. The molecule has 10 heteroatoms. The molecule has 0 spiro atoms. The Morgan fingerprint density at radius 3 is 2.19 bits per heavy atom. The van der Waals surface area contributed by atoms with Gasteiger partial charge in [-0.25, -0.2) is 19.4 Å². The lowest BCUT2D eigenvalue weighted by Gasteiger charge is -2.47. The van der Waals surface area contributed by atoms with Crippen molar-refractivity contribution in [1.29, 1.82) is 0 Å². The van der Waals surface area contributed by atoms with Crippen molar-refractivity contribution in [3.63, 3.8) is 0 Å². The van der Waals surface area contributed by atoms with Crippen molar-refractivity contribution in [3.05, 3.63) is 77.2 Å². The summed E-state index contributed by atoms with van der Waals surface area (Å²) in [6.45, 7) is 2.90. The first kappa shape index (κ1) is 24.8. The Labute approximate surface area is 219 Å². The smallest absolute Gasteiger partial charge is 0.329 e. The minimum Gasteiger partial charge on any atom is -0.480 e. The Morgan fingerprint density at radius 1 is 1.00 bits per heavy atom. The first-order valence-electron chi connectivity index (χ1n) is 12.4. The number of hydrogen-bond donors (Lipinski definition) is 1. The quantitative estimate of drug-likeness (QED) is 0.512. The van der Waals surface area contributed by atoms with Gasteiger partial charge in [0.2, 0.25) is 0 Å². The monoisotopic (exact) mass is 519 g/mol. The van der Waals surface area contributed by atoms with E-state index in [9.17, 15) is 19.5 Å². The number of aromatic nitrogens is 1. The molecule has 37 heavy (non-hydrogen) atoms. The molecule has 2 aromatic carbocycles. The topological polar surface area (TPSA) is 97.3 Å². The summed E-state index contributed by atoms with van der Waals surface area (Å²) in [7, 11) is 0. The molecular formula is C27H29N5O4S. The van der Waals surface area contributed by atoms with Gasteiger partial charge < -0.3 is 19.8 Å². The van der Waals surface area contributed by atoms with Crippen LogP contribution in [0.25, 0.3) is 0 Å². The van der Waals surface area contributed by atoms with Crippen LogP contribution in [0.5, 0.6) is 0 Å². The first-order chi connectivity index (χ1) is 18.0. The summed E-state index contributed by atoms with van der Waals surface area (Å²) >= 11 is 1.47. The van der Waals surface area contributed by atoms with Gasteiger partial charge in [0.05, 0.1) is 41.2 Å². The predicted octanol–water partition coefficient (Wildman–Crippen LogP) is 4.65. The minimum atomic E-state index is -1.15. The molecule has 1 aromatic heterocycles. The van der Waals surface area contributed by atoms with Gasteiger partial charge in [0, 0.05) is 18.5 Å². The third-order valence-corrected chi connectivity index (χ3v) is 7.72. The fourth-order valence-corrected chi connectivity index (χ4v) is 5.93. The zero-order valence-electron chi connectivity index (χ0n) is 20.5. The third kappa shape index (κ3) is 4.76. The molecule has 0 saturated carbocycles. The Kier molecular flexibility index (Phi) is 7.09. The highest BCUT2D eigenvalue weighted by Crippen LogP contribution is 2.37. The molecule has 5 rings (SSSR count). The van der Waals surface area contributed by atoms with Crippen molar-refractivity contribution in [2.24, 2.45) is 0 Å². The second-order valence-corrected chi connectivity index (χ2v) is 9.93. The summed E-state index contributed by atoms with van der Waals surface area (Å²) in [4.78, 5) is 51.1. The molecule has 3 aromatic rings. The fraction of sp³-hybridized carbons (Fsp3) is 0.333. The van der Waals surface area contributed by atoms with E-state index in [1.807, 2.05) is 73.0 Å².